The molecule has 0 spiro atoms. The number of hydrogen-bond donors (Lipinski definition) is 2. The highest BCUT2D eigenvalue weighted by Crippen LogP contribution is 2.26. The highest BCUT2D eigenvalue weighted by Gasteiger charge is 2.37. The molecule has 4 atom stereocenters. The van der Waals surface area contributed by atoms with Gasteiger partial charge in [0.25, 0.3) is 10.2 Å². The van der Waals surface area contributed by atoms with E-state index in [4.69, 9.17) is 10.5 Å². The molecule has 1 aliphatic heterocycles. The van der Waals surface area contributed by atoms with Crippen molar-refractivity contribution >= 4 is 10.2 Å². The standard InChI is InChI=1S/C12H25N3O3S/c1-9-8-18-10(2)7-15(9)19(16,17)14-12-5-3-4-11(12)6-13/h9-12,14H,3-8,13H2,1-2H3/t9-,10-,11+,12-/m1/s1. The van der Waals surface area contributed by atoms with E-state index in [1.165, 1.54) is 4.31 Å². The van der Waals surface area contributed by atoms with Gasteiger partial charge < -0.3 is 10.5 Å². The van der Waals surface area contributed by atoms with Crippen LogP contribution in [0.25, 0.3) is 0 Å². The fourth-order valence-electron chi connectivity index (χ4n) is 2.94. The Morgan fingerprint density at radius 3 is 2.79 bits per heavy atom. The third kappa shape index (κ3) is 3.46. The van der Waals surface area contributed by atoms with Gasteiger partial charge in [-0.05, 0) is 39.2 Å². The number of nitrogens with two attached hydrogens (primary N) is 1. The number of nitrogens with one attached hydrogen (secondary N) is 1. The van der Waals surface area contributed by atoms with Crippen molar-refractivity contribution in [2.75, 3.05) is 19.7 Å². The predicted octanol–water partition coefficient (Wildman–Crippen LogP) is 0.0574. The Labute approximate surface area is 115 Å². The zero-order valence-electron chi connectivity index (χ0n) is 11.7. The summed E-state index contributed by atoms with van der Waals surface area (Å²) < 4.78 is 34.8. The number of nitrogens with zero attached hydrogens (tertiary/aromatic N) is 1. The summed E-state index contributed by atoms with van der Waals surface area (Å²) in [5, 5.41) is 0. The maximum absolute atomic E-state index is 12.5. The van der Waals surface area contributed by atoms with Crippen LogP contribution in [0.2, 0.25) is 0 Å². The molecule has 2 fully saturated rings. The lowest BCUT2D eigenvalue weighted by atomic mass is 10.1. The predicted molar refractivity (Wildman–Crippen MR) is 73.8 cm³/mol. The Morgan fingerprint density at radius 2 is 2.11 bits per heavy atom. The van der Waals surface area contributed by atoms with Gasteiger partial charge in [-0.1, -0.05) is 6.42 Å². The molecule has 0 aromatic heterocycles. The molecule has 1 aliphatic carbocycles. The van der Waals surface area contributed by atoms with Crippen molar-refractivity contribution in [1.82, 2.24) is 9.03 Å². The minimum Gasteiger partial charge on any atom is -0.375 e. The normalized spacial score (nSPS) is 37.6. The summed E-state index contributed by atoms with van der Waals surface area (Å²) in [5.74, 6) is 0.267. The molecule has 7 heteroatoms. The summed E-state index contributed by atoms with van der Waals surface area (Å²) in [6, 6.07) is -0.133. The molecule has 0 amide bonds. The third-order valence-electron chi connectivity index (χ3n) is 4.12. The summed E-state index contributed by atoms with van der Waals surface area (Å²) in [4.78, 5) is 0. The van der Waals surface area contributed by atoms with Crippen LogP contribution in [0.3, 0.4) is 0 Å². The van der Waals surface area contributed by atoms with Gasteiger partial charge in [0.15, 0.2) is 0 Å². The van der Waals surface area contributed by atoms with E-state index in [0.29, 0.717) is 19.7 Å². The smallest absolute Gasteiger partial charge is 0.280 e. The summed E-state index contributed by atoms with van der Waals surface area (Å²) in [6.45, 7) is 5.18. The van der Waals surface area contributed by atoms with Crippen LogP contribution in [-0.4, -0.2) is 50.6 Å². The average molecular weight is 291 g/mol. The van der Waals surface area contributed by atoms with Gasteiger partial charge in [-0.3, -0.25) is 0 Å². The molecule has 0 aromatic rings. The van der Waals surface area contributed by atoms with Gasteiger partial charge in [0.2, 0.25) is 0 Å². The zero-order valence-corrected chi connectivity index (χ0v) is 12.5. The maximum atomic E-state index is 12.5. The molecular weight excluding hydrogens is 266 g/mol. The van der Waals surface area contributed by atoms with Gasteiger partial charge in [0.1, 0.15) is 0 Å². The minimum atomic E-state index is -3.44. The Bertz CT molecular complexity index is 401. The SMILES string of the molecule is C[C@@H]1CN(S(=O)(=O)N[C@@H]2CCC[C@H]2CN)[C@H](C)CO1. The first kappa shape index (κ1) is 15.2. The molecule has 1 saturated heterocycles. The molecule has 1 heterocycles. The van der Waals surface area contributed by atoms with Crippen molar-refractivity contribution in [2.24, 2.45) is 11.7 Å². The van der Waals surface area contributed by atoms with Gasteiger partial charge in [0, 0.05) is 18.6 Å². The first-order chi connectivity index (χ1) is 8.94. The van der Waals surface area contributed by atoms with Crippen molar-refractivity contribution in [1.29, 1.82) is 0 Å². The van der Waals surface area contributed by atoms with Gasteiger partial charge in [-0.25, -0.2) is 0 Å². The summed E-state index contributed by atoms with van der Waals surface area (Å²) in [5.41, 5.74) is 5.70. The number of morpholine rings is 1. The van der Waals surface area contributed by atoms with Gasteiger partial charge in [-0.2, -0.15) is 17.4 Å². The molecule has 0 radical (unpaired) electrons. The molecular formula is C12H25N3O3S. The van der Waals surface area contributed by atoms with Crippen molar-refractivity contribution in [3.63, 3.8) is 0 Å². The van der Waals surface area contributed by atoms with E-state index in [9.17, 15) is 8.42 Å². The Hall–Kier alpha value is -0.210. The van der Waals surface area contributed by atoms with E-state index < -0.39 is 10.2 Å². The monoisotopic (exact) mass is 291 g/mol. The molecule has 2 rings (SSSR count). The molecule has 3 N–H and O–H groups in total. The van der Waals surface area contributed by atoms with E-state index in [1.54, 1.807) is 0 Å². The van der Waals surface area contributed by atoms with Crippen molar-refractivity contribution in [2.45, 2.75) is 51.3 Å². The van der Waals surface area contributed by atoms with Crippen LogP contribution in [-0.2, 0) is 14.9 Å². The van der Waals surface area contributed by atoms with Crippen LogP contribution < -0.4 is 10.5 Å². The van der Waals surface area contributed by atoms with Crippen LogP contribution in [0.1, 0.15) is 33.1 Å². The van der Waals surface area contributed by atoms with Gasteiger partial charge in [0.05, 0.1) is 12.7 Å². The van der Waals surface area contributed by atoms with Gasteiger partial charge >= 0.3 is 0 Å². The highest BCUT2D eigenvalue weighted by atomic mass is 32.2. The van der Waals surface area contributed by atoms with Crippen LogP contribution in [0.5, 0.6) is 0 Å². The molecule has 2 aliphatic rings. The number of rotatable bonds is 4. The fraction of sp³-hybridized carbons (Fsp3) is 1.00. The van der Waals surface area contributed by atoms with Crippen LogP contribution in [0, 0.1) is 5.92 Å². The zero-order chi connectivity index (χ0) is 14.0. The summed E-state index contributed by atoms with van der Waals surface area (Å²) in [7, 11) is -3.44. The molecule has 0 unspecified atom stereocenters. The van der Waals surface area contributed by atoms with E-state index in [1.807, 2.05) is 13.8 Å². The average Bonchev–Trinajstić information content (AvgIpc) is 2.78. The topological polar surface area (TPSA) is 84.7 Å². The number of hydrogen-bond acceptors (Lipinski definition) is 4. The van der Waals surface area contributed by atoms with Crippen LogP contribution in [0.4, 0.5) is 0 Å². The first-order valence-corrected chi connectivity index (χ1v) is 8.49. The summed E-state index contributed by atoms with van der Waals surface area (Å²) >= 11 is 0. The van der Waals surface area contributed by atoms with Crippen molar-refractivity contribution in [3.8, 4) is 0 Å². The van der Waals surface area contributed by atoms with Crippen molar-refractivity contribution in [3.05, 3.63) is 0 Å². The molecule has 112 valence electrons. The second kappa shape index (κ2) is 6.05. The van der Waals surface area contributed by atoms with E-state index in [0.717, 1.165) is 19.3 Å². The van der Waals surface area contributed by atoms with Crippen LogP contribution in [0.15, 0.2) is 0 Å². The Morgan fingerprint density at radius 1 is 1.37 bits per heavy atom. The lowest BCUT2D eigenvalue weighted by molar-refractivity contribution is -0.0176. The van der Waals surface area contributed by atoms with Crippen LogP contribution >= 0.6 is 0 Å². The molecule has 6 nitrogen and oxygen atoms in total. The second-order valence-electron chi connectivity index (χ2n) is 5.72. The van der Waals surface area contributed by atoms with Gasteiger partial charge in [-0.15, -0.1) is 0 Å². The minimum absolute atomic E-state index is 0.0136. The molecule has 0 bridgehead atoms. The molecule has 0 aromatic carbocycles. The highest BCUT2D eigenvalue weighted by molar-refractivity contribution is 7.87. The maximum Gasteiger partial charge on any atom is 0.280 e. The quantitative estimate of drug-likeness (QED) is 0.767. The third-order valence-corrected chi connectivity index (χ3v) is 5.85. The molecule has 19 heavy (non-hydrogen) atoms. The number of ether oxygens (including phenoxy) is 1. The van der Waals surface area contributed by atoms with E-state index in [2.05, 4.69) is 4.72 Å². The molecule has 1 saturated carbocycles. The second-order valence-corrected chi connectivity index (χ2v) is 7.37. The van der Waals surface area contributed by atoms with Crippen molar-refractivity contribution < 1.29 is 13.2 Å². The summed E-state index contributed by atoms with van der Waals surface area (Å²) in [6.07, 6.45) is 2.89. The Kier molecular flexibility index (Phi) is 4.84. The van der Waals surface area contributed by atoms with E-state index >= 15 is 0 Å². The largest absolute Gasteiger partial charge is 0.375 e. The lowest BCUT2D eigenvalue weighted by Crippen LogP contribution is -2.56. The fourth-order valence-corrected chi connectivity index (χ4v) is 4.71. The Balaban J connectivity index is 2.04. The van der Waals surface area contributed by atoms with E-state index in [-0.39, 0.29) is 24.1 Å². The lowest BCUT2D eigenvalue weighted by Gasteiger charge is -2.36. The first-order valence-electron chi connectivity index (χ1n) is 7.05.